The molecule has 0 N–H and O–H groups in total. The molecule has 1 fully saturated rings. The number of allylic oxidation sites excluding steroid dienone is 1. The van der Waals surface area contributed by atoms with Crippen LogP contribution in [0.3, 0.4) is 0 Å². The zero-order valence-electron chi connectivity index (χ0n) is 14.5. The van der Waals surface area contributed by atoms with Crippen LogP contribution in [-0.4, -0.2) is 25.7 Å². The largest absolute Gasteiger partial charge is 0.454 e. The number of ether oxygens (including phenoxy) is 1. The molecule has 0 aromatic heterocycles. The SMILES string of the molecule is COC/C=C/[C@H]1CC[C@H](CCc2ccc(C(=O)C(F)(F)F)cc2)CC1. The molecule has 0 amide bonds. The normalized spacial score (nSPS) is 21.6. The fourth-order valence-electron chi connectivity index (χ4n) is 3.37. The fraction of sp³-hybridized carbons (Fsp3) is 0.550. The molecule has 1 aliphatic carbocycles. The van der Waals surface area contributed by atoms with Crippen LogP contribution in [0, 0.1) is 11.8 Å². The van der Waals surface area contributed by atoms with Gasteiger partial charge in [0, 0.05) is 12.7 Å². The summed E-state index contributed by atoms with van der Waals surface area (Å²) in [7, 11) is 1.69. The standard InChI is InChI=1S/C20H25F3O2/c1-25-14-2-3-15-4-6-16(7-5-15)8-9-17-10-12-18(13-11-17)19(24)20(21,22)23/h2-3,10-13,15-16H,4-9,14H2,1H3/b3-2+/t15-,16-. The van der Waals surface area contributed by atoms with Crippen molar-refractivity contribution < 1.29 is 22.7 Å². The molecule has 2 rings (SSSR count). The summed E-state index contributed by atoms with van der Waals surface area (Å²) in [6.45, 7) is 0.659. The molecular weight excluding hydrogens is 329 g/mol. The van der Waals surface area contributed by atoms with E-state index in [2.05, 4.69) is 12.2 Å². The minimum absolute atomic E-state index is 0.292. The minimum atomic E-state index is -4.81. The molecule has 0 unspecified atom stereocenters. The number of alkyl halides is 3. The van der Waals surface area contributed by atoms with Gasteiger partial charge in [-0.25, -0.2) is 0 Å². The second-order valence-corrected chi connectivity index (χ2v) is 6.73. The monoisotopic (exact) mass is 354 g/mol. The maximum absolute atomic E-state index is 12.4. The van der Waals surface area contributed by atoms with Crippen LogP contribution >= 0.6 is 0 Å². The first-order valence-corrected chi connectivity index (χ1v) is 8.76. The molecule has 2 nitrogen and oxygen atoms in total. The summed E-state index contributed by atoms with van der Waals surface area (Å²) in [5.41, 5.74) is 0.695. The number of carbonyl (C=O) groups excluding carboxylic acids is 1. The van der Waals surface area contributed by atoms with E-state index in [9.17, 15) is 18.0 Å². The van der Waals surface area contributed by atoms with Crippen molar-refractivity contribution in [3.63, 3.8) is 0 Å². The number of carbonyl (C=O) groups is 1. The molecule has 1 aromatic carbocycles. The predicted octanol–water partition coefficient (Wildman–Crippen LogP) is 5.37. The van der Waals surface area contributed by atoms with Gasteiger partial charge >= 0.3 is 6.18 Å². The van der Waals surface area contributed by atoms with Gasteiger partial charge in [0.15, 0.2) is 0 Å². The highest BCUT2D eigenvalue weighted by molar-refractivity contribution is 6.00. The van der Waals surface area contributed by atoms with E-state index >= 15 is 0 Å². The average molecular weight is 354 g/mol. The molecule has 1 aliphatic rings. The summed E-state index contributed by atoms with van der Waals surface area (Å²) in [6.07, 6.45) is 6.15. The van der Waals surface area contributed by atoms with E-state index in [4.69, 9.17) is 4.74 Å². The van der Waals surface area contributed by atoms with Crippen molar-refractivity contribution in [2.24, 2.45) is 11.8 Å². The van der Waals surface area contributed by atoms with Gasteiger partial charge in [0.25, 0.3) is 5.78 Å². The van der Waals surface area contributed by atoms with Gasteiger partial charge in [0.1, 0.15) is 0 Å². The lowest BCUT2D eigenvalue weighted by Gasteiger charge is -2.26. The van der Waals surface area contributed by atoms with Gasteiger partial charge in [-0.05, 0) is 55.9 Å². The third-order valence-electron chi connectivity index (χ3n) is 4.88. The molecule has 0 spiro atoms. The zero-order valence-corrected chi connectivity index (χ0v) is 14.5. The number of hydrogen-bond acceptors (Lipinski definition) is 2. The highest BCUT2D eigenvalue weighted by atomic mass is 19.4. The van der Waals surface area contributed by atoms with Crippen molar-refractivity contribution in [2.45, 2.75) is 44.7 Å². The lowest BCUT2D eigenvalue weighted by atomic mass is 9.79. The van der Waals surface area contributed by atoms with Gasteiger partial charge < -0.3 is 4.74 Å². The number of halogens is 3. The van der Waals surface area contributed by atoms with Gasteiger partial charge in [-0.1, -0.05) is 36.4 Å². The van der Waals surface area contributed by atoms with E-state index in [1.54, 1.807) is 19.2 Å². The Labute approximate surface area is 147 Å². The number of methoxy groups -OCH3 is 1. The van der Waals surface area contributed by atoms with E-state index in [0.717, 1.165) is 18.4 Å². The van der Waals surface area contributed by atoms with E-state index in [-0.39, 0.29) is 5.56 Å². The molecule has 0 bridgehead atoms. The summed E-state index contributed by atoms with van der Waals surface area (Å²) in [4.78, 5) is 11.2. The molecule has 0 saturated heterocycles. The first-order chi connectivity index (χ1) is 11.9. The van der Waals surface area contributed by atoms with Crippen molar-refractivity contribution in [3.8, 4) is 0 Å². The smallest absolute Gasteiger partial charge is 0.381 e. The molecule has 1 saturated carbocycles. The second-order valence-electron chi connectivity index (χ2n) is 6.73. The third-order valence-corrected chi connectivity index (χ3v) is 4.88. The van der Waals surface area contributed by atoms with Gasteiger partial charge in [-0.2, -0.15) is 13.2 Å². The minimum Gasteiger partial charge on any atom is -0.381 e. The number of rotatable bonds is 7. The van der Waals surface area contributed by atoms with E-state index < -0.39 is 12.0 Å². The average Bonchev–Trinajstić information content (AvgIpc) is 2.60. The van der Waals surface area contributed by atoms with Crippen LogP contribution in [0.25, 0.3) is 0 Å². The van der Waals surface area contributed by atoms with E-state index in [1.165, 1.54) is 37.8 Å². The Balaban J connectivity index is 1.76. The van der Waals surface area contributed by atoms with E-state index in [0.29, 0.717) is 18.4 Å². The molecule has 0 radical (unpaired) electrons. The van der Waals surface area contributed by atoms with Gasteiger partial charge in [0.2, 0.25) is 0 Å². The zero-order chi connectivity index (χ0) is 18.3. The molecule has 25 heavy (non-hydrogen) atoms. The predicted molar refractivity (Wildman–Crippen MR) is 91.6 cm³/mol. The van der Waals surface area contributed by atoms with Crippen molar-refractivity contribution in [3.05, 3.63) is 47.5 Å². The maximum Gasteiger partial charge on any atom is 0.454 e. The lowest BCUT2D eigenvalue weighted by Crippen LogP contribution is -2.22. The summed E-state index contributed by atoms with van der Waals surface area (Å²) >= 11 is 0. The second kappa shape index (κ2) is 9.18. The topological polar surface area (TPSA) is 26.3 Å². The maximum atomic E-state index is 12.4. The van der Waals surface area contributed by atoms with Crippen LogP contribution in [0.4, 0.5) is 13.2 Å². The van der Waals surface area contributed by atoms with Gasteiger partial charge in [0.05, 0.1) is 6.61 Å². The highest BCUT2D eigenvalue weighted by Crippen LogP contribution is 2.32. The number of hydrogen-bond donors (Lipinski definition) is 0. The number of benzene rings is 1. The summed E-state index contributed by atoms with van der Waals surface area (Å²) < 4.78 is 42.2. The van der Waals surface area contributed by atoms with Gasteiger partial charge in [-0.15, -0.1) is 0 Å². The van der Waals surface area contributed by atoms with Crippen LogP contribution in [-0.2, 0) is 11.2 Å². The molecule has 138 valence electrons. The quantitative estimate of drug-likeness (QED) is 0.486. The Kier molecular flexibility index (Phi) is 7.24. The molecular formula is C20H25F3O2. The number of aryl methyl sites for hydroxylation is 1. The number of ketones is 1. The Morgan fingerprint density at radius 2 is 1.80 bits per heavy atom. The Morgan fingerprint density at radius 1 is 1.16 bits per heavy atom. The molecule has 5 heteroatoms. The van der Waals surface area contributed by atoms with Crippen molar-refractivity contribution in [1.82, 2.24) is 0 Å². The third kappa shape index (κ3) is 6.31. The van der Waals surface area contributed by atoms with Crippen LogP contribution in [0.5, 0.6) is 0 Å². The molecule has 1 aromatic rings. The fourth-order valence-corrected chi connectivity index (χ4v) is 3.37. The van der Waals surface area contributed by atoms with Crippen LogP contribution in [0.2, 0.25) is 0 Å². The molecule has 0 heterocycles. The van der Waals surface area contributed by atoms with Crippen LogP contribution < -0.4 is 0 Å². The van der Waals surface area contributed by atoms with Crippen molar-refractivity contribution >= 4 is 5.78 Å². The van der Waals surface area contributed by atoms with Crippen LogP contribution in [0.15, 0.2) is 36.4 Å². The van der Waals surface area contributed by atoms with Crippen molar-refractivity contribution in [2.75, 3.05) is 13.7 Å². The summed E-state index contributed by atoms with van der Waals surface area (Å²) in [5.74, 6) is -0.471. The lowest BCUT2D eigenvalue weighted by molar-refractivity contribution is -0.0885. The molecule has 0 aliphatic heterocycles. The van der Waals surface area contributed by atoms with Crippen molar-refractivity contribution in [1.29, 1.82) is 0 Å². The van der Waals surface area contributed by atoms with Gasteiger partial charge in [-0.3, -0.25) is 4.79 Å². The first kappa shape index (κ1) is 19.7. The van der Waals surface area contributed by atoms with Crippen LogP contribution in [0.1, 0.15) is 48.0 Å². The highest BCUT2D eigenvalue weighted by Gasteiger charge is 2.39. The Hall–Kier alpha value is -1.62. The summed E-state index contributed by atoms with van der Waals surface area (Å²) in [5, 5.41) is 0. The van der Waals surface area contributed by atoms with E-state index in [1.807, 2.05) is 0 Å². The summed E-state index contributed by atoms with van der Waals surface area (Å²) in [6, 6.07) is 5.83. The number of Topliss-reactive ketones (excluding diaryl/α,β-unsaturated/α-hetero) is 1. The first-order valence-electron chi connectivity index (χ1n) is 8.76. The Morgan fingerprint density at radius 3 is 2.36 bits per heavy atom. The molecule has 0 atom stereocenters. The Bertz CT molecular complexity index is 568.